The van der Waals surface area contributed by atoms with Gasteiger partial charge in [-0.2, -0.15) is 0 Å². The molecule has 0 fully saturated rings. The van der Waals surface area contributed by atoms with Crippen molar-refractivity contribution in [1.82, 2.24) is 0 Å². The second-order valence-corrected chi connectivity index (χ2v) is 239. The van der Waals surface area contributed by atoms with Crippen LogP contribution in [-0.2, 0) is 0 Å². The van der Waals surface area contributed by atoms with E-state index in [0.717, 1.165) is 77.5 Å². The summed E-state index contributed by atoms with van der Waals surface area (Å²) in [6.45, 7) is 0. The van der Waals surface area contributed by atoms with Crippen LogP contribution in [0.5, 0.6) is 0 Å². The van der Waals surface area contributed by atoms with Crippen molar-refractivity contribution in [2.75, 3.05) is 0 Å². The van der Waals surface area contributed by atoms with E-state index in [0.29, 0.717) is 0 Å². The Morgan fingerprint density at radius 1 is 0.179 bits per heavy atom. The zero-order valence-corrected chi connectivity index (χ0v) is 46.9. The van der Waals surface area contributed by atoms with Gasteiger partial charge in [-0.05, 0) is 0 Å². The molecule has 0 unspecified atom stereocenters. The molecule has 0 aliphatic rings. The topological polar surface area (TPSA) is 0 Å². The van der Waals surface area contributed by atoms with Crippen LogP contribution in [0, 0.1) is 0 Å². The molecule has 0 spiro atoms. The Labute approximate surface area is 234 Å². The molecule has 0 amide bonds. The predicted molar refractivity (Wildman–Crippen MR) is 180 cm³/mol. The molecular weight excluding hydrogens is 1440 g/mol. The molecule has 16 rings (SSSR count). The third-order valence-electron chi connectivity index (χ3n) is 3.31. The van der Waals surface area contributed by atoms with Gasteiger partial charge in [0, 0.05) is 0 Å². The third-order valence-corrected chi connectivity index (χ3v) is 547. The molecule has 0 aliphatic carbocycles. The van der Waals surface area contributed by atoms with Crippen LogP contribution in [0.3, 0.4) is 0 Å². The summed E-state index contributed by atoms with van der Waals surface area (Å²) in [5, 5.41) is 11.9. The van der Waals surface area contributed by atoms with E-state index >= 15 is 0 Å². The Hall–Kier alpha value is 11.0. The van der Waals surface area contributed by atoms with Gasteiger partial charge in [0.25, 0.3) is 0 Å². The van der Waals surface area contributed by atoms with Crippen LogP contribution < -0.4 is 0 Å². The van der Waals surface area contributed by atoms with Crippen LogP contribution in [-0.4, -0.2) is 163 Å². The van der Waals surface area contributed by atoms with E-state index in [1.54, 1.807) is 0 Å². The number of rotatable bonds is 0. The van der Waals surface area contributed by atoms with Crippen molar-refractivity contribution in [3.05, 3.63) is 0 Å². The summed E-state index contributed by atoms with van der Waals surface area (Å²) < 4.78 is 3.77. The Kier molecular flexibility index (Phi) is 9.42. The summed E-state index contributed by atoms with van der Waals surface area (Å²) >= 11 is 16.5. The van der Waals surface area contributed by atoms with Crippen LogP contribution in [0.1, 0.15) is 0 Å². The molecule has 0 N–H and O–H groups in total. The van der Waals surface area contributed by atoms with Crippen molar-refractivity contribution in [3.8, 4) is 0 Å². The number of hydrogen-bond acceptors (Lipinski definition) is 0. The molecule has 16 heterocycles. The average Bonchev–Trinajstić information content (AvgIpc) is 3.53. The third kappa shape index (κ3) is 4.90. The quantitative estimate of drug-likeness (QED) is 0.133. The van der Waals surface area contributed by atoms with Gasteiger partial charge in [-0.3, -0.25) is 0 Å². The molecule has 152 valence electrons. The first-order chi connectivity index (χ1) is 13.8. The molecule has 28 heavy (non-hydrogen) atoms. The van der Waals surface area contributed by atoms with Gasteiger partial charge in [-0.1, -0.05) is 0 Å². The molecule has 0 atom stereocenters. The summed E-state index contributed by atoms with van der Waals surface area (Å²) in [6, 6.07) is 0. The average molecular weight is 1440 g/mol. The van der Waals surface area contributed by atoms with Gasteiger partial charge >= 0.3 is 241 Å². The van der Waals surface area contributed by atoms with E-state index in [-0.39, 0.29) is 0 Å². The van der Waals surface area contributed by atoms with Crippen molar-refractivity contribution < 1.29 is 0 Å². The van der Waals surface area contributed by atoms with E-state index < -0.39 is 0 Å². The van der Waals surface area contributed by atoms with Crippen molar-refractivity contribution in [2.24, 2.45) is 0 Å². The molecule has 0 nitrogen and oxygen atoms in total. The molecular formula is P16Se12. The molecule has 16 bridgehead atoms. The number of hydrogen-bond donors (Lipinski definition) is 0. The fourth-order valence-corrected chi connectivity index (χ4v) is 1290. The fraction of sp³-hybridized carbons (Fsp3) is 0. The molecule has 0 radical (unpaired) electrons. The Morgan fingerprint density at radius 3 is 0.321 bits per heavy atom. The normalized spacial score (nSPS) is 24.0. The van der Waals surface area contributed by atoms with Crippen LogP contribution >= 0.6 is 77.5 Å². The van der Waals surface area contributed by atoms with Crippen LogP contribution in [0.15, 0.2) is 0 Å². The van der Waals surface area contributed by atoms with Crippen LogP contribution in [0.25, 0.3) is 0 Å². The maximum atomic E-state index is 1.38. The Balaban J connectivity index is 0.0000000617. The summed E-state index contributed by atoms with van der Waals surface area (Å²) in [5.74, 6) is 0. The van der Waals surface area contributed by atoms with Gasteiger partial charge in [0.2, 0.25) is 0 Å². The molecule has 0 aromatic carbocycles. The SMILES string of the molecule is [se]1p2[se]p3p1p3[se]2.[se]1p2[se]p3p1p3[se]2.[se]1p2[se]p3p1p3[se]2.[se]1p2[se]p3p1p3[se]2. The van der Waals surface area contributed by atoms with Crippen molar-refractivity contribution >= 4 is 241 Å². The molecule has 28 heteroatoms. The van der Waals surface area contributed by atoms with E-state index in [1.807, 2.05) is 0 Å². The summed E-state index contributed by atoms with van der Waals surface area (Å²) in [7, 11) is 0. The monoisotopic (exact) mass is 1450 g/mol. The zero-order valence-electron chi connectivity index (χ0n) is 12.1. The van der Waals surface area contributed by atoms with Gasteiger partial charge < -0.3 is 0 Å². The molecule has 0 aliphatic heterocycles. The standard InChI is InChI=1S/4P4Se3/c4*5-1-2-3(1)7-4(5)6-2. The molecule has 0 saturated heterocycles. The van der Waals surface area contributed by atoms with Crippen molar-refractivity contribution in [2.45, 2.75) is 0 Å². The Morgan fingerprint density at radius 2 is 0.286 bits per heavy atom. The second kappa shape index (κ2) is 10.3. The fourth-order valence-electron chi connectivity index (χ4n) is 2.02. The summed E-state index contributed by atoms with van der Waals surface area (Å²) in [5.41, 5.74) is 0. The van der Waals surface area contributed by atoms with Gasteiger partial charge in [0.1, 0.15) is 0 Å². The summed E-state index contributed by atoms with van der Waals surface area (Å²) in [6.07, 6.45) is 0. The predicted octanol–water partition coefficient (Wildman–Crippen LogP) is 9.21. The van der Waals surface area contributed by atoms with E-state index in [4.69, 9.17) is 0 Å². The maximum absolute atomic E-state index is 1.38. The molecule has 0 saturated carbocycles. The van der Waals surface area contributed by atoms with Gasteiger partial charge in [-0.25, -0.2) is 0 Å². The van der Waals surface area contributed by atoms with E-state index in [2.05, 4.69) is 0 Å². The first-order valence-electron chi connectivity index (χ1n) is 6.78. The van der Waals surface area contributed by atoms with Crippen LogP contribution in [0.4, 0.5) is 0 Å². The summed E-state index contributed by atoms with van der Waals surface area (Å²) in [4.78, 5) is 0. The van der Waals surface area contributed by atoms with Crippen LogP contribution in [0.2, 0.25) is 0 Å². The van der Waals surface area contributed by atoms with Crippen molar-refractivity contribution in [3.63, 3.8) is 0 Å². The van der Waals surface area contributed by atoms with Gasteiger partial charge in [0.05, 0.1) is 0 Å². The second-order valence-electron chi connectivity index (χ2n) is 4.91. The minimum absolute atomic E-state index is 0.942. The first-order valence-corrected chi connectivity index (χ1v) is 89.9. The van der Waals surface area contributed by atoms with Crippen molar-refractivity contribution in [1.29, 1.82) is 0 Å². The van der Waals surface area contributed by atoms with Gasteiger partial charge in [-0.15, -0.1) is 0 Å². The van der Waals surface area contributed by atoms with E-state index in [9.17, 15) is 0 Å². The van der Waals surface area contributed by atoms with E-state index in [1.165, 1.54) is 163 Å². The molecule has 16 aromatic heterocycles. The minimum atomic E-state index is 0.942. The molecule has 16 aromatic rings. The first kappa shape index (κ1) is 25.5. The Bertz CT molecular complexity index is 1440. The van der Waals surface area contributed by atoms with Gasteiger partial charge in [0.15, 0.2) is 0 Å². The zero-order chi connectivity index (χ0) is 17.7.